The Morgan fingerprint density at radius 1 is 1.16 bits per heavy atom. The largest absolute Gasteiger partial charge is 0.391 e. The molecule has 19 heavy (non-hydrogen) atoms. The summed E-state index contributed by atoms with van der Waals surface area (Å²) in [5.41, 5.74) is 0. The Bertz CT molecular complexity index is 263. The summed E-state index contributed by atoms with van der Waals surface area (Å²) in [5, 5.41) is 9.86. The van der Waals surface area contributed by atoms with Crippen LogP contribution >= 0.6 is 0 Å². The summed E-state index contributed by atoms with van der Waals surface area (Å²) in [6, 6.07) is 0.251. The number of aliphatic imine (C=N–C) groups is 1. The van der Waals surface area contributed by atoms with Crippen molar-refractivity contribution in [3.05, 3.63) is 0 Å². The molecule has 0 aromatic carbocycles. The fourth-order valence-electron chi connectivity index (χ4n) is 2.97. The molecule has 1 heterocycles. The molecule has 2 atom stereocenters. The Labute approximate surface area is 119 Å². The van der Waals surface area contributed by atoms with Gasteiger partial charge >= 0.3 is 0 Å². The van der Waals surface area contributed by atoms with E-state index in [1.807, 2.05) is 6.92 Å². The summed E-state index contributed by atoms with van der Waals surface area (Å²) in [4.78, 5) is 6.98. The molecule has 2 unspecified atom stereocenters. The number of aliphatic hydroxyl groups is 1. The molecule has 3 heteroatoms. The van der Waals surface area contributed by atoms with E-state index in [2.05, 4.69) is 23.7 Å². The Kier molecular flexibility index (Phi) is 8.11. The molecule has 0 aromatic heterocycles. The predicted molar refractivity (Wildman–Crippen MR) is 82.8 cm³/mol. The zero-order chi connectivity index (χ0) is 14.1. The average molecular weight is 268 g/mol. The van der Waals surface area contributed by atoms with E-state index in [9.17, 15) is 5.11 Å². The first-order valence-electron chi connectivity index (χ1n) is 8.18. The number of hydrogen-bond acceptors (Lipinski definition) is 3. The number of rotatable bonds is 10. The molecule has 1 rings (SSSR count). The third-order valence-corrected chi connectivity index (χ3v) is 4.10. The second-order valence-corrected chi connectivity index (χ2v) is 5.73. The van der Waals surface area contributed by atoms with Gasteiger partial charge < -0.3 is 10.0 Å². The van der Waals surface area contributed by atoms with Crippen LogP contribution in [-0.2, 0) is 0 Å². The molecule has 0 radical (unpaired) electrons. The predicted octanol–water partition coefficient (Wildman–Crippen LogP) is 3.61. The maximum absolute atomic E-state index is 9.86. The van der Waals surface area contributed by atoms with Gasteiger partial charge in [-0.05, 0) is 19.8 Å². The summed E-state index contributed by atoms with van der Waals surface area (Å²) in [6.45, 7) is 8.21. The lowest BCUT2D eigenvalue weighted by molar-refractivity contribution is 0.100. The molecule has 0 bridgehead atoms. The quantitative estimate of drug-likeness (QED) is 0.614. The van der Waals surface area contributed by atoms with Crippen molar-refractivity contribution in [2.75, 3.05) is 13.1 Å². The highest BCUT2D eigenvalue weighted by Gasteiger charge is 2.26. The molecule has 1 aliphatic heterocycles. The zero-order valence-corrected chi connectivity index (χ0v) is 13.1. The number of aliphatic hydroxyl groups excluding tert-OH is 1. The summed E-state index contributed by atoms with van der Waals surface area (Å²) in [5.74, 6) is 1.24. The van der Waals surface area contributed by atoms with Crippen LogP contribution in [0.15, 0.2) is 4.99 Å². The summed E-state index contributed by atoms with van der Waals surface area (Å²) < 4.78 is 0. The molecule has 3 nitrogen and oxygen atoms in total. The topological polar surface area (TPSA) is 35.8 Å². The van der Waals surface area contributed by atoms with E-state index in [1.54, 1.807) is 0 Å². The first kappa shape index (κ1) is 16.5. The van der Waals surface area contributed by atoms with E-state index in [0.717, 1.165) is 25.9 Å². The van der Waals surface area contributed by atoms with E-state index in [1.165, 1.54) is 44.4 Å². The lowest BCUT2D eigenvalue weighted by Crippen LogP contribution is -2.44. The zero-order valence-electron chi connectivity index (χ0n) is 13.1. The fourth-order valence-corrected chi connectivity index (χ4v) is 2.97. The maximum Gasteiger partial charge on any atom is 0.0993 e. The van der Waals surface area contributed by atoms with Crippen LogP contribution < -0.4 is 0 Å². The van der Waals surface area contributed by atoms with E-state index < -0.39 is 0 Å². The fraction of sp³-hybridized carbons (Fsp3) is 0.938. The highest BCUT2D eigenvalue weighted by Crippen LogP contribution is 2.18. The Balaban J connectivity index is 2.28. The van der Waals surface area contributed by atoms with Crippen LogP contribution in [-0.4, -0.2) is 41.1 Å². The van der Waals surface area contributed by atoms with Crippen molar-refractivity contribution < 1.29 is 5.11 Å². The van der Waals surface area contributed by atoms with Gasteiger partial charge in [-0.2, -0.15) is 0 Å². The van der Waals surface area contributed by atoms with Gasteiger partial charge in [0.1, 0.15) is 0 Å². The van der Waals surface area contributed by atoms with Crippen LogP contribution in [0.4, 0.5) is 0 Å². The van der Waals surface area contributed by atoms with Crippen molar-refractivity contribution in [3.63, 3.8) is 0 Å². The van der Waals surface area contributed by atoms with Crippen LogP contribution in [0.5, 0.6) is 0 Å². The monoisotopic (exact) mass is 268 g/mol. The molecule has 0 amide bonds. The van der Waals surface area contributed by atoms with Crippen LogP contribution in [0.1, 0.15) is 72.1 Å². The van der Waals surface area contributed by atoms with Gasteiger partial charge in [0.05, 0.1) is 24.5 Å². The average Bonchev–Trinajstić information content (AvgIpc) is 2.82. The van der Waals surface area contributed by atoms with Gasteiger partial charge in [0.2, 0.25) is 0 Å². The molecule has 0 fully saturated rings. The van der Waals surface area contributed by atoms with Gasteiger partial charge in [0.25, 0.3) is 0 Å². The second kappa shape index (κ2) is 9.35. The van der Waals surface area contributed by atoms with E-state index in [-0.39, 0.29) is 12.1 Å². The minimum atomic E-state index is -0.266. The molecule has 1 N–H and O–H groups in total. The van der Waals surface area contributed by atoms with Gasteiger partial charge in [0, 0.05) is 13.0 Å². The highest BCUT2D eigenvalue weighted by molar-refractivity contribution is 5.84. The summed E-state index contributed by atoms with van der Waals surface area (Å²) >= 11 is 0. The first-order chi connectivity index (χ1) is 9.20. The van der Waals surface area contributed by atoms with E-state index in [4.69, 9.17) is 0 Å². The smallest absolute Gasteiger partial charge is 0.0993 e. The number of hydrogen-bond donors (Lipinski definition) is 1. The summed E-state index contributed by atoms with van der Waals surface area (Å²) in [7, 11) is 0. The normalized spacial score (nSPS) is 18.5. The Morgan fingerprint density at radius 2 is 1.84 bits per heavy atom. The van der Waals surface area contributed by atoms with Crippen molar-refractivity contribution in [2.45, 2.75) is 84.3 Å². The Morgan fingerprint density at radius 3 is 2.47 bits per heavy atom. The second-order valence-electron chi connectivity index (χ2n) is 5.73. The molecule has 0 saturated carbocycles. The van der Waals surface area contributed by atoms with Crippen LogP contribution in [0, 0.1) is 0 Å². The first-order valence-corrected chi connectivity index (χ1v) is 8.18. The molecule has 0 aromatic rings. The van der Waals surface area contributed by atoms with Crippen LogP contribution in [0.25, 0.3) is 0 Å². The van der Waals surface area contributed by atoms with Gasteiger partial charge in [-0.25, -0.2) is 0 Å². The minimum Gasteiger partial charge on any atom is -0.391 e. The van der Waals surface area contributed by atoms with Crippen LogP contribution in [0.3, 0.4) is 0 Å². The Hall–Kier alpha value is -0.570. The van der Waals surface area contributed by atoms with Crippen molar-refractivity contribution in [3.8, 4) is 0 Å². The van der Waals surface area contributed by atoms with E-state index in [0.29, 0.717) is 0 Å². The van der Waals surface area contributed by atoms with Crippen molar-refractivity contribution in [2.24, 2.45) is 4.99 Å². The van der Waals surface area contributed by atoms with Gasteiger partial charge in [0.15, 0.2) is 0 Å². The lowest BCUT2D eigenvalue weighted by Gasteiger charge is -2.32. The summed E-state index contributed by atoms with van der Waals surface area (Å²) in [6.07, 6.45) is 9.79. The maximum atomic E-state index is 9.86. The molecule has 1 aliphatic rings. The van der Waals surface area contributed by atoms with Gasteiger partial charge in [-0.3, -0.25) is 4.99 Å². The highest BCUT2D eigenvalue weighted by atomic mass is 16.3. The van der Waals surface area contributed by atoms with Crippen molar-refractivity contribution in [1.82, 2.24) is 4.90 Å². The minimum absolute atomic E-state index is 0.251. The third kappa shape index (κ3) is 5.52. The van der Waals surface area contributed by atoms with Crippen molar-refractivity contribution >= 4 is 5.84 Å². The number of amidine groups is 1. The van der Waals surface area contributed by atoms with Crippen LogP contribution in [0.2, 0.25) is 0 Å². The lowest BCUT2D eigenvalue weighted by atomic mass is 10.1. The molecule has 112 valence electrons. The SMILES string of the molecule is CCCCCCCCC1=NCCN1C(CC)C(C)O. The molecule has 0 spiro atoms. The number of unbranched alkanes of at least 4 members (excludes halogenated alkanes) is 5. The number of nitrogens with zero attached hydrogens (tertiary/aromatic N) is 2. The van der Waals surface area contributed by atoms with Crippen molar-refractivity contribution in [1.29, 1.82) is 0 Å². The molecule has 0 aliphatic carbocycles. The molecule has 0 saturated heterocycles. The van der Waals surface area contributed by atoms with Gasteiger partial charge in [-0.1, -0.05) is 46.0 Å². The molecular weight excluding hydrogens is 236 g/mol. The van der Waals surface area contributed by atoms with Gasteiger partial charge in [-0.15, -0.1) is 0 Å². The third-order valence-electron chi connectivity index (χ3n) is 4.10. The molecular formula is C16H32N2O. The standard InChI is InChI=1S/C16H32N2O/c1-4-6-7-8-9-10-11-16-17-12-13-18(16)15(5-2)14(3)19/h14-15,19H,4-13H2,1-3H3. The van der Waals surface area contributed by atoms with E-state index >= 15 is 0 Å².